The Balaban J connectivity index is 4.04. The molecule has 4 nitrogen and oxygen atoms in total. The lowest BCUT2D eigenvalue weighted by molar-refractivity contribution is -0.152. The molecule has 0 spiro atoms. The molecule has 16 heavy (non-hydrogen) atoms. The van der Waals surface area contributed by atoms with Crippen LogP contribution < -0.4 is 0 Å². The van der Waals surface area contributed by atoms with Gasteiger partial charge in [-0.15, -0.1) is 0 Å². The predicted octanol–water partition coefficient (Wildman–Crippen LogP) is 2.10. The maximum Gasteiger partial charge on any atom is 0.308 e. The number of hydrogen-bond acceptors (Lipinski definition) is 4. The van der Waals surface area contributed by atoms with Crippen LogP contribution in [0.1, 0.15) is 46.5 Å². The second kappa shape index (κ2) is 8.28. The predicted molar refractivity (Wildman–Crippen MR) is 61.2 cm³/mol. The van der Waals surface area contributed by atoms with Crippen LogP contribution in [0.2, 0.25) is 0 Å². The molecule has 0 heterocycles. The van der Waals surface area contributed by atoms with Crippen LogP contribution in [0.5, 0.6) is 0 Å². The van der Waals surface area contributed by atoms with Crippen LogP contribution >= 0.6 is 0 Å². The third-order valence-corrected chi connectivity index (χ3v) is 2.45. The van der Waals surface area contributed by atoms with E-state index in [1.165, 1.54) is 6.92 Å². The van der Waals surface area contributed by atoms with Gasteiger partial charge in [0.2, 0.25) is 0 Å². The van der Waals surface area contributed by atoms with Crippen LogP contribution in [-0.2, 0) is 19.1 Å². The highest BCUT2D eigenvalue weighted by Gasteiger charge is 2.17. The lowest BCUT2D eigenvalue weighted by Gasteiger charge is -2.17. The van der Waals surface area contributed by atoms with Crippen molar-refractivity contribution in [3.63, 3.8) is 0 Å². The average molecular weight is 230 g/mol. The number of carbonyl (C=O) groups excluding carboxylic acids is 2. The third-order valence-electron chi connectivity index (χ3n) is 2.45. The van der Waals surface area contributed by atoms with E-state index < -0.39 is 0 Å². The first-order chi connectivity index (χ1) is 7.53. The minimum atomic E-state index is -0.292. The molecule has 0 bridgehead atoms. The number of hydrogen-bond donors (Lipinski definition) is 0. The van der Waals surface area contributed by atoms with Gasteiger partial charge in [-0.3, -0.25) is 9.59 Å². The fourth-order valence-electron chi connectivity index (χ4n) is 1.40. The normalized spacial score (nSPS) is 14.2. The fraction of sp³-hybridized carbons (Fsp3) is 0.833. The molecule has 0 aromatic heterocycles. The molecule has 0 radical (unpaired) electrons. The van der Waals surface area contributed by atoms with Gasteiger partial charge in [0.1, 0.15) is 11.9 Å². The molecule has 2 unspecified atom stereocenters. The van der Waals surface area contributed by atoms with E-state index in [-0.39, 0.29) is 30.4 Å². The van der Waals surface area contributed by atoms with Gasteiger partial charge < -0.3 is 9.47 Å². The van der Waals surface area contributed by atoms with Crippen LogP contribution in [0.25, 0.3) is 0 Å². The number of ether oxygens (including phenoxy) is 2. The second-order valence-corrected chi connectivity index (χ2v) is 3.90. The summed E-state index contributed by atoms with van der Waals surface area (Å²) in [6.45, 7) is 5.35. The zero-order chi connectivity index (χ0) is 12.6. The SMILES string of the molecule is CCC(CC(=O)OC(CC)CC(C)=O)OC. The Morgan fingerprint density at radius 3 is 2.00 bits per heavy atom. The van der Waals surface area contributed by atoms with E-state index in [0.717, 1.165) is 6.42 Å². The first-order valence-corrected chi connectivity index (χ1v) is 5.75. The standard InChI is InChI=1S/C12H22O4/c1-5-10(15-4)8-12(14)16-11(6-2)7-9(3)13/h10-11H,5-8H2,1-4H3. The van der Waals surface area contributed by atoms with E-state index in [2.05, 4.69) is 0 Å². The Morgan fingerprint density at radius 1 is 1.06 bits per heavy atom. The van der Waals surface area contributed by atoms with E-state index in [0.29, 0.717) is 12.8 Å². The van der Waals surface area contributed by atoms with E-state index in [1.807, 2.05) is 13.8 Å². The smallest absolute Gasteiger partial charge is 0.308 e. The molecular weight excluding hydrogens is 208 g/mol. The number of methoxy groups -OCH3 is 1. The van der Waals surface area contributed by atoms with Gasteiger partial charge >= 0.3 is 5.97 Å². The summed E-state index contributed by atoms with van der Waals surface area (Å²) < 4.78 is 10.3. The Hall–Kier alpha value is -0.900. The van der Waals surface area contributed by atoms with Crippen LogP contribution in [-0.4, -0.2) is 31.1 Å². The zero-order valence-electron chi connectivity index (χ0n) is 10.6. The largest absolute Gasteiger partial charge is 0.462 e. The highest BCUT2D eigenvalue weighted by atomic mass is 16.5. The number of rotatable bonds is 8. The molecule has 0 aliphatic carbocycles. The van der Waals surface area contributed by atoms with Gasteiger partial charge in [-0.1, -0.05) is 13.8 Å². The molecule has 0 amide bonds. The number of Topliss-reactive ketones (excluding diaryl/α,β-unsaturated/α-hetero) is 1. The number of carbonyl (C=O) groups is 2. The number of esters is 1. The van der Waals surface area contributed by atoms with Crippen LogP contribution in [0.3, 0.4) is 0 Å². The Kier molecular flexibility index (Phi) is 7.81. The third kappa shape index (κ3) is 6.56. The van der Waals surface area contributed by atoms with E-state index >= 15 is 0 Å². The zero-order valence-corrected chi connectivity index (χ0v) is 10.6. The van der Waals surface area contributed by atoms with Gasteiger partial charge in [0.15, 0.2) is 0 Å². The summed E-state index contributed by atoms with van der Waals surface area (Å²) in [7, 11) is 1.58. The molecule has 0 saturated carbocycles. The van der Waals surface area contributed by atoms with Crippen molar-refractivity contribution in [2.45, 2.75) is 58.7 Å². The summed E-state index contributed by atoms with van der Waals surface area (Å²) in [6.07, 6.45) is 1.60. The summed E-state index contributed by atoms with van der Waals surface area (Å²) in [5.41, 5.74) is 0. The van der Waals surface area contributed by atoms with Crippen LogP contribution in [0.4, 0.5) is 0 Å². The lowest BCUT2D eigenvalue weighted by atomic mass is 10.1. The minimum absolute atomic E-state index is 0.0402. The lowest BCUT2D eigenvalue weighted by Crippen LogP contribution is -2.23. The van der Waals surface area contributed by atoms with Crippen LogP contribution in [0, 0.1) is 0 Å². The van der Waals surface area contributed by atoms with Crippen molar-refractivity contribution < 1.29 is 19.1 Å². The summed E-state index contributed by atoms with van der Waals surface area (Å²) in [5.74, 6) is -0.250. The van der Waals surface area contributed by atoms with E-state index in [1.54, 1.807) is 7.11 Å². The van der Waals surface area contributed by atoms with Crippen molar-refractivity contribution >= 4 is 11.8 Å². The molecule has 0 aromatic carbocycles. The van der Waals surface area contributed by atoms with Crippen molar-refractivity contribution in [3.8, 4) is 0 Å². The first kappa shape index (κ1) is 15.1. The van der Waals surface area contributed by atoms with Gasteiger partial charge in [0, 0.05) is 13.5 Å². The summed E-state index contributed by atoms with van der Waals surface area (Å²) in [4.78, 5) is 22.4. The molecule has 4 heteroatoms. The molecule has 2 atom stereocenters. The fourth-order valence-corrected chi connectivity index (χ4v) is 1.40. The monoisotopic (exact) mass is 230 g/mol. The maximum absolute atomic E-state index is 11.5. The molecule has 0 aliphatic rings. The topological polar surface area (TPSA) is 52.6 Å². The maximum atomic E-state index is 11.5. The molecule has 0 N–H and O–H groups in total. The van der Waals surface area contributed by atoms with Gasteiger partial charge in [0.25, 0.3) is 0 Å². The van der Waals surface area contributed by atoms with Gasteiger partial charge in [0.05, 0.1) is 12.5 Å². The molecule has 0 fully saturated rings. The van der Waals surface area contributed by atoms with Crippen molar-refractivity contribution in [3.05, 3.63) is 0 Å². The molecule has 0 aliphatic heterocycles. The molecular formula is C12H22O4. The Morgan fingerprint density at radius 2 is 1.62 bits per heavy atom. The molecule has 94 valence electrons. The summed E-state index contributed by atoms with van der Waals surface area (Å²) in [6, 6.07) is 0. The molecule has 0 saturated heterocycles. The van der Waals surface area contributed by atoms with Crippen molar-refractivity contribution in [2.75, 3.05) is 7.11 Å². The average Bonchev–Trinajstić information content (AvgIpc) is 2.24. The Labute approximate surface area is 97.3 Å². The highest BCUT2D eigenvalue weighted by Crippen LogP contribution is 2.09. The summed E-state index contributed by atoms with van der Waals surface area (Å²) in [5, 5.41) is 0. The summed E-state index contributed by atoms with van der Waals surface area (Å²) >= 11 is 0. The molecule has 0 aromatic rings. The first-order valence-electron chi connectivity index (χ1n) is 5.75. The van der Waals surface area contributed by atoms with Crippen molar-refractivity contribution in [1.29, 1.82) is 0 Å². The van der Waals surface area contributed by atoms with Crippen molar-refractivity contribution in [2.24, 2.45) is 0 Å². The second-order valence-electron chi connectivity index (χ2n) is 3.90. The molecule has 0 rings (SSSR count). The van der Waals surface area contributed by atoms with E-state index in [4.69, 9.17) is 9.47 Å². The van der Waals surface area contributed by atoms with Crippen molar-refractivity contribution in [1.82, 2.24) is 0 Å². The highest BCUT2D eigenvalue weighted by molar-refractivity contribution is 5.77. The van der Waals surface area contributed by atoms with Crippen LogP contribution in [0.15, 0.2) is 0 Å². The minimum Gasteiger partial charge on any atom is -0.462 e. The van der Waals surface area contributed by atoms with Gasteiger partial charge in [-0.05, 0) is 19.8 Å². The van der Waals surface area contributed by atoms with Gasteiger partial charge in [-0.2, -0.15) is 0 Å². The van der Waals surface area contributed by atoms with E-state index in [9.17, 15) is 9.59 Å². The Bertz CT molecular complexity index is 221. The van der Waals surface area contributed by atoms with Gasteiger partial charge in [-0.25, -0.2) is 0 Å². The quantitative estimate of drug-likeness (QED) is 0.599. The number of ketones is 1.